The third-order valence-electron chi connectivity index (χ3n) is 2.06. The molecular formula is C10H14N2O4. The van der Waals surface area contributed by atoms with Gasteiger partial charge in [-0.1, -0.05) is 25.9 Å². The molecule has 16 heavy (non-hydrogen) atoms. The van der Waals surface area contributed by atoms with Crippen LogP contribution in [0.5, 0.6) is 0 Å². The zero-order valence-corrected chi connectivity index (χ0v) is 9.35. The van der Waals surface area contributed by atoms with Gasteiger partial charge in [0.1, 0.15) is 12.3 Å². The van der Waals surface area contributed by atoms with Gasteiger partial charge in [-0.05, 0) is 5.41 Å². The Morgan fingerprint density at radius 1 is 1.50 bits per heavy atom. The van der Waals surface area contributed by atoms with E-state index in [1.165, 1.54) is 12.3 Å². The summed E-state index contributed by atoms with van der Waals surface area (Å²) in [5.41, 5.74) is -0.513. The van der Waals surface area contributed by atoms with E-state index >= 15 is 0 Å². The average Bonchev–Trinajstić information content (AvgIpc) is 2.63. The molecule has 0 aliphatic heterocycles. The number of hydrogen-bond acceptors (Lipinski definition) is 4. The highest BCUT2D eigenvalue weighted by Crippen LogP contribution is 2.19. The molecule has 0 saturated heterocycles. The highest BCUT2D eigenvalue weighted by Gasteiger charge is 2.33. The molecule has 2 N–H and O–H groups in total. The van der Waals surface area contributed by atoms with E-state index in [2.05, 4.69) is 15.0 Å². The third kappa shape index (κ3) is 2.82. The normalized spacial score (nSPS) is 13.2. The molecule has 0 radical (unpaired) electrons. The molecule has 0 bridgehead atoms. The zero-order valence-electron chi connectivity index (χ0n) is 9.35. The van der Waals surface area contributed by atoms with Crippen molar-refractivity contribution >= 4 is 11.9 Å². The van der Waals surface area contributed by atoms with E-state index in [1.54, 1.807) is 20.8 Å². The molecule has 0 fully saturated rings. The summed E-state index contributed by atoms with van der Waals surface area (Å²) in [5, 5.41) is 14.8. The minimum atomic E-state index is -1.08. The summed E-state index contributed by atoms with van der Waals surface area (Å²) in [7, 11) is 0. The molecule has 1 rings (SSSR count). The molecule has 1 heterocycles. The third-order valence-corrected chi connectivity index (χ3v) is 2.06. The van der Waals surface area contributed by atoms with Crippen LogP contribution in [-0.4, -0.2) is 28.2 Å². The lowest BCUT2D eigenvalue weighted by molar-refractivity contribution is -0.142. The maximum Gasteiger partial charge on any atom is 0.326 e. The SMILES string of the molecule is CC(C)(C)C(NC(=O)c1ccon1)C(=O)O. The van der Waals surface area contributed by atoms with Crippen molar-refractivity contribution in [2.24, 2.45) is 5.41 Å². The van der Waals surface area contributed by atoms with E-state index in [9.17, 15) is 9.59 Å². The van der Waals surface area contributed by atoms with Gasteiger partial charge >= 0.3 is 5.97 Å². The fraction of sp³-hybridized carbons (Fsp3) is 0.500. The highest BCUT2D eigenvalue weighted by molar-refractivity contribution is 5.94. The van der Waals surface area contributed by atoms with E-state index in [1.807, 2.05) is 0 Å². The molecule has 0 spiro atoms. The molecule has 0 saturated carbocycles. The van der Waals surface area contributed by atoms with Crippen molar-refractivity contribution in [3.63, 3.8) is 0 Å². The first-order valence-corrected chi connectivity index (χ1v) is 4.76. The number of rotatable bonds is 3. The smallest absolute Gasteiger partial charge is 0.326 e. The van der Waals surface area contributed by atoms with E-state index in [0.717, 1.165) is 0 Å². The second kappa shape index (κ2) is 4.34. The Hall–Kier alpha value is -1.85. The number of nitrogens with one attached hydrogen (secondary N) is 1. The van der Waals surface area contributed by atoms with Crippen molar-refractivity contribution in [3.05, 3.63) is 18.0 Å². The van der Waals surface area contributed by atoms with Crippen LogP contribution in [0, 0.1) is 5.41 Å². The summed E-state index contributed by atoms with van der Waals surface area (Å²) in [6.45, 7) is 5.19. The number of carboxylic acid groups (broad SMARTS) is 1. The second-order valence-electron chi connectivity index (χ2n) is 4.50. The molecule has 6 nitrogen and oxygen atoms in total. The van der Waals surface area contributed by atoms with Gasteiger partial charge in [0.15, 0.2) is 5.69 Å². The molecule has 6 heteroatoms. The van der Waals surface area contributed by atoms with Gasteiger partial charge in [-0.15, -0.1) is 0 Å². The van der Waals surface area contributed by atoms with Crippen LogP contribution in [0.25, 0.3) is 0 Å². The molecule has 1 aromatic rings. The first-order chi connectivity index (χ1) is 7.32. The Bertz CT molecular complexity index is 378. The maximum absolute atomic E-state index is 11.6. The summed E-state index contributed by atoms with van der Waals surface area (Å²) >= 11 is 0. The lowest BCUT2D eigenvalue weighted by Gasteiger charge is -2.27. The largest absolute Gasteiger partial charge is 0.480 e. The summed E-state index contributed by atoms with van der Waals surface area (Å²) in [6, 6.07) is 0.397. The fourth-order valence-electron chi connectivity index (χ4n) is 1.18. The minimum absolute atomic E-state index is 0.0653. The molecule has 0 aliphatic rings. The Labute approximate surface area is 92.6 Å². The molecular weight excluding hydrogens is 212 g/mol. The number of aliphatic carboxylic acids is 1. The van der Waals surface area contributed by atoms with E-state index in [-0.39, 0.29) is 5.69 Å². The van der Waals surface area contributed by atoms with Crippen LogP contribution in [0.2, 0.25) is 0 Å². The number of carboxylic acids is 1. The quantitative estimate of drug-likeness (QED) is 0.798. The highest BCUT2D eigenvalue weighted by atomic mass is 16.5. The fourth-order valence-corrected chi connectivity index (χ4v) is 1.18. The van der Waals surface area contributed by atoms with Crippen LogP contribution in [-0.2, 0) is 4.79 Å². The van der Waals surface area contributed by atoms with Crippen molar-refractivity contribution < 1.29 is 19.2 Å². The van der Waals surface area contributed by atoms with Crippen LogP contribution in [0.15, 0.2) is 16.9 Å². The molecule has 1 aromatic heterocycles. The Kier molecular flexibility index (Phi) is 3.31. The summed E-state index contributed by atoms with van der Waals surface area (Å²) in [4.78, 5) is 22.6. The first kappa shape index (κ1) is 12.2. The first-order valence-electron chi connectivity index (χ1n) is 4.76. The van der Waals surface area contributed by atoms with Gasteiger partial charge < -0.3 is 14.9 Å². The number of aromatic nitrogens is 1. The lowest BCUT2D eigenvalue weighted by atomic mass is 9.86. The van der Waals surface area contributed by atoms with Crippen molar-refractivity contribution in [2.45, 2.75) is 26.8 Å². The van der Waals surface area contributed by atoms with Crippen molar-refractivity contribution in [1.29, 1.82) is 0 Å². The van der Waals surface area contributed by atoms with Gasteiger partial charge in [-0.3, -0.25) is 4.79 Å². The number of amides is 1. The number of carbonyl (C=O) groups is 2. The summed E-state index contributed by atoms with van der Waals surface area (Å²) in [5.74, 6) is -1.64. The Morgan fingerprint density at radius 3 is 2.50 bits per heavy atom. The van der Waals surface area contributed by atoms with Crippen molar-refractivity contribution in [1.82, 2.24) is 10.5 Å². The van der Waals surface area contributed by atoms with Crippen LogP contribution in [0.4, 0.5) is 0 Å². The zero-order chi connectivity index (χ0) is 12.3. The molecule has 1 unspecified atom stereocenters. The van der Waals surface area contributed by atoms with Gasteiger partial charge in [0.2, 0.25) is 0 Å². The second-order valence-corrected chi connectivity index (χ2v) is 4.50. The molecule has 88 valence electrons. The van der Waals surface area contributed by atoms with Gasteiger partial charge in [-0.2, -0.15) is 0 Å². The van der Waals surface area contributed by atoms with Gasteiger partial charge in [0.05, 0.1) is 0 Å². The van der Waals surface area contributed by atoms with Gasteiger partial charge in [0.25, 0.3) is 5.91 Å². The van der Waals surface area contributed by atoms with E-state index < -0.39 is 23.3 Å². The number of nitrogens with zero attached hydrogens (tertiary/aromatic N) is 1. The number of carbonyl (C=O) groups excluding carboxylic acids is 1. The lowest BCUT2D eigenvalue weighted by Crippen LogP contribution is -2.49. The average molecular weight is 226 g/mol. The monoisotopic (exact) mass is 226 g/mol. The minimum Gasteiger partial charge on any atom is -0.480 e. The standard InChI is InChI=1S/C10H14N2O4/c1-10(2,3)7(9(14)15)11-8(13)6-4-5-16-12-6/h4-5,7H,1-3H3,(H,11,13)(H,14,15). The van der Waals surface area contributed by atoms with E-state index in [4.69, 9.17) is 5.11 Å². The van der Waals surface area contributed by atoms with Crippen LogP contribution >= 0.6 is 0 Å². The predicted molar refractivity (Wildman–Crippen MR) is 54.8 cm³/mol. The van der Waals surface area contributed by atoms with Gasteiger partial charge in [0, 0.05) is 6.07 Å². The Balaban J connectivity index is 2.78. The molecule has 0 aromatic carbocycles. The van der Waals surface area contributed by atoms with Crippen molar-refractivity contribution in [3.8, 4) is 0 Å². The van der Waals surface area contributed by atoms with E-state index in [0.29, 0.717) is 0 Å². The predicted octanol–water partition coefficient (Wildman–Crippen LogP) is 0.904. The molecule has 1 atom stereocenters. The number of hydrogen-bond donors (Lipinski definition) is 2. The topological polar surface area (TPSA) is 92.4 Å². The van der Waals surface area contributed by atoms with Crippen molar-refractivity contribution in [2.75, 3.05) is 0 Å². The molecule has 1 amide bonds. The summed E-state index contributed by atoms with van der Waals surface area (Å²) < 4.78 is 4.51. The summed E-state index contributed by atoms with van der Waals surface area (Å²) in [6.07, 6.45) is 1.25. The van der Waals surface area contributed by atoms with Crippen LogP contribution < -0.4 is 5.32 Å². The maximum atomic E-state index is 11.6. The molecule has 0 aliphatic carbocycles. The van der Waals surface area contributed by atoms with Gasteiger partial charge in [-0.25, -0.2) is 4.79 Å². The van der Waals surface area contributed by atoms with Crippen LogP contribution in [0.3, 0.4) is 0 Å². The Morgan fingerprint density at radius 2 is 2.12 bits per heavy atom. The van der Waals surface area contributed by atoms with Crippen LogP contribution in [0.1, 0.15) is 31.3 Å².